The molecule has 27 heavy (non-hydrogen) atoms. The van der Waals surface area contributed by atoms with E-state index in [0.29, 0.717) is 16.4 Å². The lowest BCUT2D eigenvalue weighted by molar-refractivity contribution is -0.118. The van der Waals surface area contributed by atoms with Crippen LogP contribution in [0.3, 0.4) is 0 Å². The van der Waals surface area contributed by atoms with E-state index in [4.69, 9.17) is 11.6 Å². The molecule has 3 rings (SSSR count). The van der Waals surface area contributed by atoms with Gasteiger partial charge in [0.1, 0.15) is 0 Å². The minimum Gasteiger partial charge on any atom is -0.317 e. The van der Waals surface area contributed by atoms with Gasteiger partial charge < -0.3 is 4.57 Å². The van der Waals surface area contributed by atoms with Crippen LogP contribution in [0.15, 0.2) is 58.4 Å². The number of aromatic nitrogens is 1. The van der Waals surface area contributed by atoms with E-state index < -0.39 is 9.84 Å². The van der Waals surface area contributed by atoms with Crippen molar-refractivity contribution in [3.63, 3.8) is 0 Å². The van der Waals surface area contributed by atoms with E-state index in [1.54, 1.807) is 12.1 Å². The van der Waals surface area contributed by atoms with Crippen LogP contribution in [-0.2, 0) is 21.2 Å². The summed E-state index contributed by atoms with van der Waals surface area (Å²) in [6, 6.07) is 13.9. The number of nitrogens with zero attached hydrogens (tertiary/aromatic N) is 2. The Morgan fingerprint density at radius 1 is 1.15 bits per heavy atom. The molecule has 0 fully saturated rings. The third-order valence-electron chi connectivity index (χ3n) is 4.10. The zero-order valence-corrected chi connectivity index (χ0v) is 17.1. The van der Waals surface area contributed by atoms with Gasteiger partial charge >= 0.3 is 0 Å². The van der Waals surface area contributed by atoms with Gasteiger partial charge in [0.05, 0.1) is 20.9 Å². The van der Waals surface area contributed by atoms with Gasteiger partial charge in [-0.2, -0.15) is 4.99 Å². The third kappa shape index (κ3) is 4.66. The smallest absolute Gasteiger partial charge is 0.248 e. The van der Waals surface area contributed by atoms with Crippen molar-refractivity contribution in [1.29, 1.82) is 0 Å². The Kier molecular flexibility index (Phi) is 6.14. The van der Waals surface area contributed by atoms with Gasteiger partial charge in [0, 0.05) is 18.0 Å². The maximum Gasteiger partial charge on any atom is 0.248 e. The van der Waals surface area contributed by atoms with Crippen LogP contribution in [0.25, 0.3) is 10.2 Å². The zero-order chi connectivity index (χ0) is 19.4. The number of fused-ring (bicyclic) bond motifs is 1. The summed E-state index contributed by atoms with van der Waals surface area (Å²) in [5.41, 5.74) is 1.04. The highest BCUT2D eigenvalue weighted by Crippen LogP contribution is 2.18. The summed E-state index contributed by atoms with van der Waals surface area (Å²) in [6.07, 6.45) is 0.315. The SMILES string of the molecule is CCn1c(=NC(=O)CCCS(=O)(=O)c2ccc(Cl)cc2)sc2ccccc21. The van der Waals surface area contributed by atoms with E-state index in [0.717, 1.165) is 10.2 Å². The van der Waals surface area contributed by atoms with Crippen molar-refractivity contribution < 1.29 is 13.2 Å². The number of para-hydroxylation sites is 1. The molecule has 0 aliphatic carbocycles. The molecule has 0 atom stereocenters. The van der Waals surface area contributed by atoms with Crippen molar-refractivity contribution in [2.24, 2.45) is 4.99 Å². The van der Waals surface area contributed by atoms with Crippen LogP contribution in [0.5, 0.6) is 0 Å². The van der Waals surface area contributed by atoms with E-state index in [-0.39, 0.29) is 29.4 Å². The summed E-state index contributed by atoms with van der Waals surface area (Å²) in [6.45, 7) is 2.71. The van der Waals surface area contributed by atoms with E-state index >= 15 is 0 Å². The molecule has 8 heteroatoms. The molecule has 142 valence electrons. The molecule has 1 amide bonds. The maximum absolute atomic E-state index is 12.3. The second-order valence-electron chi connectivity index (χ2n) is 5.98. The Hall–Kier alpha value is -1.96. The van der Waals surface area contributed by atoms with Crippen LogP contribution >= 0.6 is 22.9 Å². The molecule has 0 N–H and O–H groups in total. The molecule has 0 aliphatic rings. The lowest BCUT2D eigenvalue weighted by Crippen LogP contribution is -2.16. The monoisotopic (exact) mass is 422 g/mol. The number of hydrogen-bond acceptors (Lipinski definition) is 4. The predicted octanol–water partition coefficient (Wildman–Crippen LogP) is 4.06. The number of amides is 1. The summed E-state index contributed by atoms with van der Waals surface area (Å²) in [5.74, 6) is -0.411. The standard InChI is InChI=1S/C19H19ClN2O3S2/c1-2-22-16-6-3-4-7-17(16)26-19(22)21-18(23)8-5-13-27(24,25)15-11-9-14(20)10-12-15/h3-4,6-7,9-12H,2,5,8,13H2,1H3. The average molecular weight is 423 g/mol. The topological polar surface area (TPSA) is 68.5 Å². The average Bonchev–Trinajstić information content (AvgIpc) is 2.98. The molecule has 0 unspecified atom stereocenters. The largest absolute Gasteiger partial charge is 0.317 e. The molecule has 2 aromatic carbocycles. The van der Waals surface area contributed by atoms with E-state index in [9.17, 15) is 13.2 Å². The molecule has 0 spiro atoms. The molecule has 0 aliphatic heterocycles. The number of rotatable bonds is 6. The fourth-order valence-corrected chi connectivity index (χ4v) is 5.30. The number of thiazole rings is 1. The van der Waals surface area contributed by atoms with Crippen molar-refractivity contribution in [1.82, 2.24) is 4.57 Å². The zero-order valence-electron chi connectivity index (χ0n) is 14.8. The lowest BCUT2D eigenvalue weighted by Gasteiger charge is -2.03. The number of halogens is 1. The van der Waals surface area contributed by atoms with Crippen LogP contribution in [0.2, 0.25) is 5.02 Å². The second kappa shape index (κ2) is 8.37. The first-order valence-corrected chi connectivity index (χ1v) is 11.4. The van der Waals surface area contributed by atoms with E-state index in [1.807, 2.05) is 35.8 Å². The van der Waals surface area contributed by atoms with Crippen molar-refractivity contribution in [2.75, 3.05) is 5.75 Å². The summed E-state index contributed by atoms with van der Waals surface area (Å²) in [5, 5.41) is 0.482. The minimum absolute atomic E-state index is 0.0881. The van der Waals surface area contributed by atoms with Crippen LogP contribution in [0, 0.1) is 0 Å². The summed E-state index contributed by atoms with van der Waals surface area (Å²) in [7, 11) is -3.43. The molecule has 0 bridgehead atoms. The van der Waals surface area contributed by atoms with Gasteiger partial charge in [0.15, 0.2) is 14.6 Å². The van der Waals surface area contributed by atoms with Crippen molar-refractivity contribution in [2.45, 2.75) is 31.2 Å². The first kappa shape index (κ1) is 19.8. The number of hydrogen-bond donors (Lipinski definition) is 0. The highest BCUT2D eigenvalue weighted by Gasteiger charge is 2.15. The molecule has 1 heterocycles. The van der Waals surface area contributed by atoms with Gasteiger partial charge in [-0.3, -0.25) is 4.79 Å². The van der Waals surface area contributed by atoms with Gasteiger partial charge in [0.25, 0.3) is 0 Å². The third-order valence-corrected chi connectivity index (χ3v) is 7.23. The van der Waals surface area contributed by atoms with Crippen LogP contribution in [0.4, 0.5) is 0 Å². The van der Waals surface area contributed by atoms with E-state index in [2.05, 4.69) is 4.99 Å². The van der Waals surface area contributed by atoms with Crippen LogP contribution < -0.4 is 4.80 Å². The number of carbonyl (C=O) groups excluding carboxylic acids is 1. The first-order valence-electron chi connectivity index (χ1n) is 8.55. The van der Waals surface area contributed by atoms with Crippen LogP contribution in [-0.4, -0.2) is 24.6 Å². The fraction of sp³-hybridized carbons (Fsp3) is 0.263. The molecule has 0 radical (unpaired) electrons. The first-order chi connectivity index (χ1) is 12.9. The second-order valence-corrected chi connectivity index (χ2v) is 9.53. The Labute approximate surface area is 166 Å². The molecule has 0 saturated carbocycles. The highest BCUT2D eigenvalue weighted by atomic mass is 35.5. The normalized spacial score (nSPS) is 12.6. The van der Waals surface area contributed by atoms with E-state index in [1.165, 1.54) is 23.5 Å². The highest BCUT2D eigenvalue weighted by molar-refractivity contribution is 7.91. The summed E-state index contributed by atoms with van der Waals surface area (Å²) in [4.78, 5) is 17.3. The minimum atomic E-state index is -3.43. The van der Waals surface area contributed by atoms with Crippen LogP contribution in [0.1, 0.15) is 19.8 Å². The fourth-order valence-electron chi connectivity index (χ4n) is 2.75. The number of aryl methyl sites for hydroxylation is 1. The molecule has 0 saturated heterocycles. The molecular formula is C19H19ClN2O3S2. The Bertz CT molecular complexity index is 1130. The molecule has 3 aromatic rings. The maximum atomic E-state index is 12.3. The van der Waals surface area contributed by atoms with Gasteiger partial charge in [-0.25, -0.2) is 8.42 Å². The molecule has 5 nitrogen and oxygen atoms in total. The Balaban J connectivity index is 1.70. The Morgan fingerprint density at radius 3 is 2.56 bits per heavy atom. The van der Waals surface area contributed by atoms with Crippen molar-refractivity contribution in [3.05, 3.63) is 58.4 Å². The Morgan fingerprint density at radius 2 is 1.85 bits per heavy atom. The quantitative estimate of drug-likeness (QED) is 0.601. The summed E-state index contributed by atoms with van der Waals surface area (Å²) >= 11 is 7.24. The van der Waals surface area contributed by atoms with Gasteiger partial charge in [-0.15, -0.1) is 0 Å². The molecular weight excluding hydrogens is 404 g/mol. The number of benzene rings is 2. The number of carbonyl (C=O) groups is 1. The summed E-state index contributed by atoms with van der Waals surface area (Å²) < 4.78 is 27.7. The van der Waals surface area contributed by atoms with Gasteiger partial charge in [-0.05, 0) is 49.7 Å². The lowest BCUT2D eigenvalue weighted by atomic mass is 10.3. The van der Waals surface area contributed by atoms with Crippen molar-refractivity contribution >= 4 is 48.9 Å². The molecule has 1 aromatic heterocycles. The van der Waals surface area contributed by atoms with Crippen molar-refractivity contribution in [3.8, 4) is 0 Å². The van der Waals surface area contributed by atoms with Gasteiger partial charge in [-0.1, -0.05) is 35.1 Å². The number of sulfone groups is 1. The van der Waals surface area contributed by atoms with Gasteiger partial charge in [0.2, 0.25) is 5.91 Å². The predicted molar refractivity (Wildman–Crippen MR) is 109 cm³/mol.